The molecule has 33 heavy (non-hydrogen) atoms. The van der Waals surface area contributed by atoms with Gasteiger partial charge in [-0.05, 0) is 11.0 Å². The van der Waals surface area contributed by atoms with Crippen LogP contribution in [0.3, 0.4) is 0 Å². The van der Waals surface area contributed by atoms with Gasteiger partial charge in [-0.1, -0.05) is 76.9 Å². The smallest absolute Gasteiger partial charge is 0.334 e. The topological polar surface area (TPSA) is 88.6 Å². The number of hydrogen-bond donors (Lipinski definition) is 1. The predicted molar refractivity (Wildman–Crippen MR) is 131 cm³/mol. The Morgan fingerprint density at radius 1 is 1.24 bits per heavy atom. The van der Waals surface area contributed by atoms with Crippen molar-refractivity contribution in [2.45, 2.75) is 32.0 Å². The number of thiazole rings is 1. The fourth-order valence-electron chi connectivity index (χ4n) is 3.28. The zero-order valence-corrected chi connectivity index (χ0v) is 21.4. The van der Waals surface area contributed by atoms with Crippen molar-refractivity contribution in [2.75, 3.05) is 6.61 Å². The van der Waals surface area contributed by atoms with Gasteiger partial charge in [0.1, 0.15) is 18.0 Å². The quantitative estimate of drug-likeness (QED) is 0.309. The summed E-state index contributed by atoms with van der Waals surface area (Å²) in [6, 6.07) is 7.45. The number of rotatable bonds is 7. The molecule has 3 heterocycles. The largest absolute Gasteiger partial charge is 0.459 e. The molecule has 1 fully saturated rings. The maximum Gasteiger partial charge on any atom is 0.334 e. The predicted octanol–water partition coefficient (Wildman–Crippen LogP) is 4.00. The van der Waals surface area contributed by atoms with E-state index in [1.807, 2.05) is 35.7 Å². The molecule has 13 heteroatoms. The number of amides is 2. The summed E-state index contributed by atoms with van der Waals surface area (Å²) in [7, 11) is 0. The lowest BCUT2D eigenvalue weighted by Crippen LogP contribution is -2.73. The molecule has 1 aromatic carbocycles. The lowest BCUT2D eigenvalue weighted by molar-refractivity contribution is -0.162. The van der Waals surface area contributed by atoms with Crippen LogP contribution < -0.4 is 5.32 Å². The van der Waals surface area contributed by atoms with Crippen LogP contribution in [-0.4, -0.2) is 55.5 Å². The summed E-state index contributed by atoms with van der Waals surface area (Å²) in [4.78, 5) is 44.6. The molecule has 0 radical (unpaired) electrons. The molecule has 2 unspecified atom stereocenters. The summed E-state index contributed by atoms with van der Waals surface area (Å²) in [6.07, 6.45) is 1.80. The van der Waals surface area contributed by atoms with Crippen molar-refractivity contribution in [1.29, 1.82) is 0 Å². The van der Waals surface area contributed by atoms with E-state index in [1.54, 1.807) is 11.6 Å². The number of benzene rings is 1. The molecule has 7 nitrogen and oxygen atoms in total. The van der Waals surface area contributed by atoms with E-state index in [0.29, 0.717) is 9.24 Å². The fourth-order valence-corrected chi connectivity index (χ4v) is 6.55. The number of aromatic nitrogens is 1. The minimum absolute atomic E-state index is 0.151. The van der Waals surface area contributed by atoms with E-state index in [2.05, 4.69) is 10.3 Å². The van der Waals surface area contributed by atoms with E-state index in [4.69, 9.17) is 39.5 Å². The Labute approximate surface area is 217 Å². The van der Waals surface area contributed by atoms with Crippen LogP contribution in [0.25, 0.3) is 0 Å². The molecule has 1 N–H and O–H groups in total. The van der Waals surface area contributed by atoms with Crippen LogP contribution in [0.1, 0.15) is 5.56 Å². The monoisotopic (exact) mass is 563 g/mol. The maximum absolute atomic E-state index is 13.0. The van der Waals surface area contributed by atoms with Gasteiger partial charge in [-0.25, -0.2) is 9.78 Å². The van der Waals surface area contributed by atoms with Crippen LogP contribution in [0.4, 0.5) is 0 Å². The third kappa shape index (κ3) is 5.98. The number of thioether (sulfide) groups is 2. The minimum atomic E-state index is -1.78. The van der Waals surface area contributed by atoms with Crippen LogP contribution in [-0.2, 0) is 25.5 Å². The fraction of sp³-hybridized carbons (Fsp3) is 0.300. The standard InChI is InChI=1S/C20H16Cl3N3O4S3/c21-20(22,23)10-30-18(29)15-12(33-19-24-6-7-31-19)9-32-17-14(16(28)26(15)17)25-13(27)8-11-4-2-1-3-5-11/h1-7,9,14-15,17H,8,10H2,(H,25,27)/t14?,15?,17-/m1/s1. The number of nitrogens with one attached hydrogen (secondary N) is 1. The normalized spacial score (nSPS) is 22.2. The van der Waals surface area contributed by atoms with Crippen molar-refractivity contribution in [1.82, 2.24) is 15.2 Å². The summed E-state index contributed by atoms with van der Waals surface area (Å²) >= 11 is 21.2. The maximum atomic E-state index is 13.0. The SMILES string of the molecule is O=C(Cc1ccccc1)NC1C(=O)N2C(C(=O)OCC(Cl)(Cl)Cl)C(Sc3nccs3)=CS[C@H]12. The van der Waals surface area contributed by atoms with E-state index in [-0.39, 0.29) is 18.2 Å². The van der Waals surface area contributed by atoms with Crippen LogP contribution >= 0.6 is 69.7 Å². The van der Waals surface area contributed by atoms with Gasteiger partial charge in [0, 0.05) is 16.5 Å². The molecule has 2 amide bonds. The third-order valence-electron chi connectivity index (χ3n) is 4.69. The first-order chi connectivity index (χ1) is 15.7. The number of esters is 1. The highest BCUT2D eigenvalue weighted by atomic mass is 35.6. The van der Waals surface area contributed by atoms with E-state index < -0.39 is 33.8 Å². The Morgan fingerprint density at radius 3 is 2.67 bits per heavy atom. The van der Waals surface area contributed by atoms with Crippen molar-refractivity contribution < 1.29 is 19.1 Å². The van der Waals surface area contributed by atoms with Crippen LogP contribution in [0.5, 0.6) is 0 Å². The van der Waals surface area contributed by atoms with Crippen molar-refractivity contribution in [3.05, 3.63) is 57.8 Å². The van der Waals surface area contributed by atoms with Gasteiger partial charge in [-0.2, -0.15) is 0 Å². The Bertz CT molecular complexity index is 1060. The van der Waals surface area contributed by atoms with Gasteiger partial charge in [0.15, 0.2) is 10.4 Å². The third-order valence-corrected chi connectivity index (χ3v) is 8.30. The Kier molecular flexibility index (Phi) is 7.82. The van der Waals surface area contributed by atoms with Crippen LogP contribution in [0.2, 0.25) is 0 Å². The molecule has 0 saturated carbocycles. The van der Waals surface area contributed by atoms with Gasteiger partial charge < -0.3 is 15.0 Å². The number of ether oxygens (including phenoxy) is 1. The van der Waals surface area contributed by atoms with Crippen molar-refractivity contribution >= 4 is 87.4 Å². The van der Waals surface area contributed by atoms with Crippen molar-refractivity contribution in [3.8, 4) is 0 Å². The molecule has 0 aliphatic carbocycles. The molecule has 0 bridgehead atoms. The number of nitrogens with zero attached hydrogens (tertiary/aromatic N) is 2. The zero-order valence-electron chi connectivity index (χ0n) is 16.7. The average Bonchev–Trinajstić information content (AvgIpc) is 3.29. The Morgan fingerprint density at radius 2 is 2.00 bits per heavy atom. The highest BCUT2D eigenvalue weighted by molar-refractivity contribution is 8.07. The van der Waals surface area contributed by atoms with Gasteiger partial charge in [-0.3, -0.25) is 9.59 Å². The second-order valence-electron chi connectivity index (χ2n) is 7.03. The second-order valence-corrected chi connectivity index (χ2v) is 12.7. The van der Waals surface area contributed by atoms with Crippen molar-refractivity contribution in [3.63, 3.8) is 0 Å². The molecule has 1 saturated heterocycles. The van der Waals surface area contributed by atoms with Crippen molar-refractivity contribution in [2.24, 2.45) is 0 Å². The molecule has 3 atom stereocenters. The van der Waals surface area contributed by atoms with Crippen LogP contribution in [0, 0.1) is 0 Å². The van der Waals surface area contributed by atoms with E-state index in [1.165, 1.54) is 39.8 Å². The Balaban J connectivity index is 1.49. The second kappa shape index (κ2) is 10.5. The first-order valence-electron chi connectivity index (χ1n) is 9.54. The van der Waals surface area contributed by atoms with Gasteiger partial charge in [0.2, 0.25) is 15.6 Å². The molecule has 0 spiro atoms. The van der Waals surface area contributed by atoms with E-state index in [0.717, 1.165) is 5.56 Å². The number of carbonyl (C=O) groups is 3. The van der Waals surface area contributed by atoms with E-state index >= 15 is 0 Å². The van der Waals surface area contributed by atoms with Gasteiger partial charge in [0.05, 0.1) is 6.42 Å². The first-order valence-corrected chi connectivity index (χ1v) is 13.3. The molecule has 174 valence electrons. The number of β-lactam (4-membered cyclic amide) rings is 1. The minimum Gasteiger partial charge on any atom is -0.459 e. The molecular weight excluding hydrogens is 549 g/mol. The zero-order chi connectivity index (χ0) is 23.6. The molecule has 2 aliphatic rings. The average molecular weight is 565 g/mol. The number of halogens is 3. The summed E-state index contributed by atoms with van der Waals surface area (Å²) < 4.78 is 4.12. The number of alkyl halides is 3. The number of carbonyl (C=O) groups excluding carboxylic acids is 3. The number of hydrogen-bond acceptors (Lipinski definition) is 8. The molecule has 4 rings (SSSR count). The number of fused-ring (bicyclic) bond motifs is 1. The molecule has 1 aromatic heterocycles. The summed E-state index contributed by atoms with van der Waals surface area (Å²) in [5.74, 6) is -1.37. The summed E-state index contributed by atoms with van der Waals surface area (Å²) in [6.45, 7) is -0.459. The van der Waals surface area contributed by atoms with E-state index in [9.17, 15) is 14.4 Å². The van der Waals surface area contributed by atoms with Gasteiger partial charge >= 0.3 is 5.97 Å². The molecule has 2 aliphatic heterocycles. The highest BCUT2D eigenvalue weighted by Crippen LogP contribution is 2.45. The van der Waals surface area contributed by atoms with Gasteiger partial charge in [0.25, 0.3) is 0 Å². The lowest BCUT2D eigenvalue weighted by Gasteiger charge is -2.51. The molecular formula is C20H16Cl3N3O4S3. The summed E-state index contributed by atoms with van der Waals surface area (Å²) in [5, 5.41) is 5.92. The van der Waals surface area contributed by atoms with Crippen LogP contribution in [0.15, 0.2) is 56.6 Å². The summed E-state index contributed by atoms with van der Waals surface area (Å²) in [5.41, 5.74) is 0.838. The van der Waals surface area contributed by atoms with Gasteiger partial charge in [-0.15, -0.1) is 23.1 Å². The highest BCUT2D eigenvalue weighted by Gasteiger charge is 2.56. The lowest BCUT2D eigenvalue weighted by atomic mass is 10.0. The first kappa shape index (κ1) is 24.7. The molecule has 2 aromatic rings. The Hall–Kier alpha value is -1.43.